The molecule has 106 valence electrons. The van der Waals surface area contributed by atoms with E-state index in [1.165, 1.54) is 18.2 Å². The van der Waals surface area contributed by atoms with E-state index in [9.17, 15) is 9.90 Å². The van der Waals surface area contributed by atoms with Gasteiger partial charge in [-0.2, -0.15) is 5.26 Å². The average molecular weight is 303 g/mol. The summed E-state index contributed by atoms with van der Waals surface area (Å²) in [7, 11) is 0. The number of hydrogen-bond acceptors (Lipinski definition) is 4. The zero-order chi connectivity index (χ0) is 15.2. The number of carbonyl (C=O) groups is 1. The van der Waals surface area contributed by atoms with Crippen LogP contribution in [0.3, 0.4) is 0 Å². The number of hydrogen-bond donors (Lipinski definition) is 2. The standard InChI is InChI=1S/C15H11ClN2O3/c16-10-5-6-13(19)11(9-10)15(20)18-12-3-1-2-4-14(12)21-8-7-17/h1-6,9,19H,8H2,(H,18,20). The van der Waals surface area contributed by atoms with E-state index in [0.29, 0.717) is 16.5 Å². The molecule has 2 aromatic carbocycles. The van der Waals surface area contributed by atoms with Gasteiger partial charge in [-0.1, -0.05) is 23.7 Å². The van der Waals surface area contributed by atoms with Gasteiger partial charge in [0.2, 0.25) is 0 Å². The van der Waals surface area contributed by atoms with Crippen LogP contribution in [-0.4, -0.2) is 17.6 Å². The van der Waals surface area contributed by atoms with Crippen LogP contribution in [0, 0.1) is 11.3 Å². The molecule has 0 heterocycles. The van der Waals surface area contributed by atoms with Gasteiger partial charge in [-0.15, -0.1) is 0 Å². The maximum Gasteiger partial charge on any atom is 0.259 e. The summed E-state index contributed by atoms with van der Waals surface area (Å²) in [5.74, 6) is -0.329. The lowest BCUT2D eigenvalue weighted by atomic mass is 10.2. The Kier molecular flexibility index (Phi) is 4.64. The Morgan fingerprint density at radius 1 is 1.33 bits per heavy atom. The number of ether oxygens (including phenoxy) is 1. The molecule has 2 aromatic rings. The Balaban J connectivity index is 2.24. The van der Waals surface area contributed by atoms with Crippen LogP contribution < -0.4 is 10.1 Å². The number of benzene rings is 2. The molecule has 0 fully saturated rings. The van der Waals surface area contributed by atoms with E-state index in [1.807, 2.05) is 6.07 Å². The maximum absolute atomic E-state index is 12.2. The van der Waals surface area contributed by atoms with E-state index in [-0.39, 0.29) is 17.9 Å². The molecule has 0 aliphatic heterocycles. The second-order valence-corrected chi connectivity index (χ2v) is 4.49. The molecular formula is C15H11ClN2O3. The van der Waals surface area contributed by atoms with Gasteiger partial charge in [-0.25, -0.2) is 0 Å². The number of nitrogens with one attached hydrogen (secondary N) is 1. The molecule has 0 unspecified atom stereocenters. The van der Waals surface area contributed by atoms with E-state index in [4.69, 9.17) is 21.6 Å². The van der Waals surface area contributed by atoms with Gasteiger partial charge in [0.15, 0.2) is 6.61 Å². The molecule has 21 heavy (non-hydrogen) atoms. The number of halogens is 1. The number of para-hydroxylation sites is 2. The SMILES string of the molecule is N#CCOc1ccccc1NC(=O)c1cc(Cl)ccc1O. The summed E-state index contributed by atoms with van der Waals surface area (Å²) in [6.45, 7) is -0.130. The molecule has 0 aromatic heterocycles. The highest BCUT2D eigenvalue weighted by Crippen LogP contribution is 2.27. The highest BCUT2D eigenvalue weighted by atomic mass is 35.5. The predicted molar refractivity (Wildman–Crippen MR) is 78.6 cm³/mol. The summed E-state index contributed by atoms with van der Waals surface area (Å²) in [6, 6.07) is 12.7. The van der Waals surface area contributed by atoms with Crippen molar-refractivity contribution in [2.75, 3.05) is 11.9 Å². The van der Waals surface area contributed by atoms with E-state index < -0.39 is 5.91 Å². The summed E-state index contributed by atoms with van der Waals surface area (Å²) in [6.07, 6.45) is 0. The molecule has 2 N–H and O–H groups in total. The average Bonchev–Trinajstić information content (AvgIpc) is 2.48. The summed E-state index contributed by atoms with van der Waals surface area (Å²) in [5.41, 5.74) is 0.453. The molecule has 0 radical (unpaired) electrons. The number of nitriles is 1. The van der Waals surface area contributed by atoms with Gasteiger partial charge in [0.25, 0.3) is 5.91 Å². The van der Waals surface area contributed by atoms with Crippen LogP contribution in [0.25, 0.3) is 0 Å². The Bertz CT molecular complexity index is 710. The van der Waals surface area contributed by atoms with Gasteiger partial charge in [0.05, 0.1) is 11.3 Å². The number of phenols is 1. The number of aromatic hydroxyl groups is 1. The first-order chi connectivity index (χ1) is 10.1. The van der Waals surface area contributed by atoms with Gasteiger partial charge >= 0.3 is 0 Å². The number of rotatable bonds is 4. The van der Waals surface area contributed by atoms with Crippen LogP contribution in [0.2, 0.25) is 5.02 Å². The van der Waals surface area contributed by atoms with Crippen LogP contribution in [0.15, 0.2) is 42.5 Å². The molecule has 6 heteroatoms. The summed E-state index contributed by atoms with van der Waals surface area (Å²) < 4.78 is 5.21. The Morgan fingerprint density at radius 3 is 2.86 bits per heavy atom. The molecule has 0 saturated heterocycles. The zero-order valence-corrected chi connectivity index (χ0v) is 11.6. The van der Waals surface area contributed by atoms with E-state index in [1.54, 1.807) is 24.3 Å². The second kappa shape index (κ2) is 6.64. The first-order valence-electron chi connectivity index (χ1n) is 6.00. The Labute approximate surface area is 126 Å². The fourth-order valence-electron chi connectivity index (χ4n) is 1.69. The van der Waals surface area contributed by atoms with Crippen molar-refractivity contribution >= 4 is 23.2 Å². The molecule has 0 aliphatic rings. The van der Waals surface area contributed by atoms with Gasteiger partial charge in [0, 0.05) is 5.02 Å². The lowest BCUT2D eigenvalue weighted by Crippen LogP contribution is -2.13. The van der Waals surface area contributed by atoms with Crippen LogP contribution in [0.5, 0.6) is 11.5 Å². The van der Waals surface area contributed by atoms with Crippen molar-refractivity contribution in [3.63, 3.8) is 0 Å². The zero-order valence-electron chi connectivity index (χ0n) is 10.8. The van der Waals surface area contributed by atoms with E-state index in [0.717, 1.165) is 0 Å². The largest absolute Gasteiger partial charge is 0.507 e. The smallest absolute Gasteiger partial charge is 0.259 e. The molecule has 0 bridgehead atoms. The molecule has 5 nitrogen and oxygen atoms in total. The molecule has 0 atom stereocenters. The van der Waals surface area contributed by atoms with Crippen molar-refractivity contribution in [1.82, 2.24) is 0 Å². The minimum absolute atomic E-state index is 0.0533. The molecule has 0 aliphatic carbocycles. The minimum atomic E-state index is -0.525. The van der Waals surface area contributed by atoms with Gasteiger partial charge in [0.1, 0.15) is 17.6 Å². The molecular weight excluding hydrogens is 292 g/mol. The molecule has 2 rings (SSSR count). The van der Waals surface area contributed by atoms with Crippen molar-refractivity contribution in [3.8, 4) is 17.6 Å². The molecule has 1 amide bonds. The summed E-state index contributed by atoms with van der Waals surface area (Å²) in [4.78, 5) is 12.2. The number of anilines is 1. The normalized spacial score (nSPS) is 9.71. The highest BCUT2D eigenvalue weighted by molar-refractivity contribution is 6.31. The van der Waals surface area contributed by atoms with Gasteiger partial charge in [-0.3, -0.25) is 4.79 Å². The Morgan fingerprint density at radius 2 is 2.10 bits per heavy atom. The quantitative estimate of drug-likeness (QED) is 0.908. The second-order valence-electron chi connectivity index (χ2n) is 4.06. The highest BCUT2D eigenvalue weighted by Gasteiger charge is 2.14. The number of phenolic OH excluding ortho intramolecular Hbond substituents is 1. The summed E-state index contributed by atoms with van der Waals surface area (Å²) >= 11 is 5.81. The third-order valence-electron chi connectivity index (χ3n) is 2.63. The van der Waals surface area contributed by atoms with Crippen LogP contribution in [-0.2, 0) is 0 Å². The summed E-state index contributed by atoms with van der Waals surface area (Å²) in [5, 5.41) is 21.2. The Hall–Kier alpha value is -2.71. The lowest BCUT2D eigenvalue weighted by Gasteiger charge is -2.11. The molecule has 0 spiro atoms. The third kappa shape index (κ3) is 3.65. The minimum Gasteiger partial charge on any atom is -0.507 e. The van der Waals surface area contributed by atoms with E-state index >= 15 is 0 Å². The van der Waals surface area contributed by atoms with Crippen molar-refractivity contribution in [2.45, 2.75) is 0 Å². The first-order valence-corrected chi connectivity index (χ1v) is 6.38. The first kappa shape index (κ1) is 14.7. The fourth-order valence-corrected chi connectivity index (χ4v) is 1.86. The van der Waals surface area contributed by atoms with Crippen molar-refractivity contribution in [2.24, 2.45) is 0 Å². The topological polar surface area (TPSA) is 82.3 Å². The lowest BCUT2D eigenvalue weighted by molar-refractivity contribution is 0.102. The number of amides is 1. The van der Waals surface area contributed by atoms with Crippen LogP contribution in [0.1, 0.15) is 10.4 Å². The fraction of sp³-hybridized carbons (Fsp3) is 0.0667. The van der Waals surface area contributed by atoms with Crippen molar-refractivity contribution < 1.29 is 14.6 Å². The van der Waals surface area contributed by atoms with Crippen LogP contribution in [0.4, 0.5) is 5.69 Å². The number of nitrogens with zero attached hydrogens (tertiary/aromatic N) is 1. The van der Waals surface area contributed by atoms with Crippen LogP contribution >= 0.6 is 11.6 Å². The maximum atomic E-state index is 12.2. The van der Waals surface area contributed by atoms with E-state index in [2.05, 4.69) is 5.32 Å². The molecule has 0 saturated carbocycles. The predicted octanol–water partition coefficient (Wildman–Crippen LogP) is 3.20. The van der Waals surface area contributed by atoms with Crippen molar-refractivity contribution in [3.05, 3.63) is 53.1 Å². The monoisotopic (exact) mass is 302 g/mol. The van der Waals surface area contributed by atoms with Gasteiger partial charge < -0.3 is 15.2 Å². The van der Waals surface area contributed by atoms with Gasteiger partial charge in [-0.05, 0) is 30.3 Å². The third-order valence-corrected chi connectivity index (χ3v) is 2.87. The van der Waals surface area contributed by atoms with Crippen molar-refractivity contribution in [1.29, 1.82) is 5.26 Å². The number of carbonyl (C=O) groups excluding carboxylic acids is 1.